The minimum Gasteiger partial charge on any atom is -0.497 e. The molecule has 0 aliphatic carbocycles. The first-order valence-electron chi connectivity index (χ1n) is 8.56. The Balaban J connectivity index is 1.57. The van der Waals surface area contributed by atoms with Gasteiger partial charge in [-0.25, -0.2) is 0 Å². The zero-order chi connectivity index (χ0) is 18.6. The van der Waals surface area contributed by atoms with Crippen LogP contribution in [-0.4, -0.2) is 22.3 Å². The van der Waals surface area contributed by atoms with Crippen LogP contribution in [0.4, 0.5) is 11.6 Å². The van der Waals surface area contributed by atoms with Crippen molar-refractivity contribution < 1.29 is 4.74 Å². The fourth-order valence-electron chi connectivity index (χ4n) is 2.93. The molecule has 0 saturated carbocycles. The molecule has 2 N–H and O–H groups in total. The Morgan fingerprint density at radius 3 is 2.52 bits per heavy atom. The van der Waals surface area contributed by atoms with Crippen LogP contribution in [0.1, 0.15) is 11.3 Å². The summed E-state index contributed by atoms with van der Waals surface area (Å²) >= 11 is 0. The summed E-state index contributed by atoms with van der Waals surface area (Å²) in [5.74, 6) is 1.09. The van der Waals surface area contributed by atoms with Gasteiger partial charge in [-0.2, -0.15) is 0 Å². The molecule has 0 unspecified atom stereocenters. The molecule has 0 amide bonds. The van der Waals surface area contributed by atoms with Gasteiger partial charge in [0.25, 0.3) is 5.56 Å². The molecule has 134 valence electrons. The molecule has 4 aromatic rings. The first-order chi connectivity index (χ1) is 13.2. The van der Waals surface area contributed by atoms with E-state index in [9.17, 15) is 4.79 Å². The molecule has 0 aliphatic rings. The summed E-state index contributed by atoms with van der Waals surface area (Å²) in [4.78, 5) is 15.2. The average Bonchev–Trinajstić information content (AvgIpc) is 2.71. The molecule has 0 aliphatic heterocycles. The molecule has 6 heteroatoms. The molecule has 4 rings (SSSR count). The van der Waals surface area contributed by atoms with Crippen molar-refractivity contribution in [3.8, 4) is 5.75 Å². The molecule has 1 aromatic heterocycles. The van der Waals surface area contributed by atoms with Crippen molar-refractivity contribution in [2.24, 2.45) is 0 Å². The maximum atomic E-state index is 12.4. The zero-order valence-electron chi connectivity index (χ0n) is 14.8. The summed E-state index contributed by atoms with van der Waals surface area (Å²) in [6.07, 6.45) is 0.404. The smallest absolute Gasteiger partial charge is 0.274 e. The molecular weight excluding hydrogens is 340 g/mol. The monoisotopic (exact) mass is 358 g/mol. The quantitative estimate of drug-likeness (QED) is 0.569. The van der Waals surface area contributed by atoms with Crippen LogP contribution in [-0.2, 0) is 6.42 Å². The lowest BCUT2D eigenvalue weighted by Gasteiger charge is -2.09. The second-order valence-corrected chi connectivity index (χ2v) is 6.13. The van der Waals surface area contributed by atoms with Gasteiger partial charge in [-0.1, -0.05) is 48.5 Å². The lowest BCUT2D eigenvalue weighted by molar-refractivity contribution is 0.414. The molecule has 0 spiro atoms. The summed E-state index contributed by atoms with van der Waals surface area (Å²) in [5.41, 5.74) is 1.93. The van der Waals surface area contributed by atoms with Crippen LogP contribution in [0.15, 0.2) is 71.5 Å². The number of rotatable bonds is 5. The van der Waals surface area contributed by atoms with Crippen LogP contribution in [0.3, 0.4) is 0 Å². The number of nitrogens with zero attached hydrogens (tertiary/aromatic N) is 2. The number of benzene rings is 3. The number of H-pyrrole nitrogens is 1. The van der Waals surface area contributed by atoms with Crippen molar-refractivity contribution in [3.05, 3.63) is 88.3 Å². The minimum atomic E-state index is -0.261. The van der Waals surface area contributed by atoms with E-state index < -0.39 is 0 Å². The number of nitrogens with one attached hydrogen (secondary N) is 2. The van der Waals surface area contributed by atoms with E-state index in [1.165, 1.54) is 0 Å². The molecule has 0 fully saturated rings. The van der Waals surface area contributed by atoms with Gasteiger partial charge in [0.2, 0.25) is 5.95 Å². The Bertz CT molecular complexity index is 1130. The number of anilines is 2. The standard InChI is InChI=1S/C21H18N4O2/c1-27-16-11-9-14(10-12-16)13-19-20(26)23-21(25-24-19)22-18-8-4-6-15-5-2-3-7-17(15)18/h2-12H,13H2,1H3,(H2,22,23,25,26). The highest BCUT2D eigenvalue weighted by Gasteiger charge is 2.08. The number of ether oxygens (including phenoxy) is 1. The van der Waals surface area contributed by atoms with Crippen LogP contribution in [0.25, 0.3) is 10.8 Å². The molecular formula is C21H18N4O2. The van der Waals surface area contributed by atoms with E-state index in [2.05, 4.69) is 20.5 Å². The van der Waals surface area contributed by atoms with Crippen LogP contribution >= 0.6 is 0 Å². The third-order valence-corrected chi connectivity index (χ3v) is 4.34. The summed E-state index contributed by atoms with van der Waals surface area (Å²) in [6.45, 7) is 0. The number of hydrogen-bond acceptors (Lipinski definition) is 5. The third kappa shape index (κ3) is 3.64. The highest BCUT2D eigenvalue weighted by atomic mass is 16.5. The van der Waals surface area contributed by atoms with Crippen molar-refractivity contribution in [1.29, 1.82) is 0 Å². The summed E-state index contributed by atoms with van der Waals surface area (Å²) < 4.78 is 5.14. The summed E-state index contributed by atoms with van der Waals surface area (Å²) in [6, 6.07) is 21.5. The lowest BCUT2D eigenvalue weighted by atomic mass is 10.1. The van der Waals surface area contributed by atoms with Gasteiger partial charge in [0.15, 0.2) is 0 Å². The lowest BCUT2D eigenvalue weighted by Crippen LogP contribution is -2.18. The van der Waals surface area contributed by atoms with Gasteiger partial charge in [-0.15, -0.1) is 10.2 Å². The highest BCUT2D eigenvalue weighted by Crippen LogP contribution is 2.24. The molecule has 27 heavy (non-hydrogen) atoms. The van der Waals surface area contributed by atoms with Crippen molar-refractivity contribution >= 4 is 22.4 Å². The minimum absolute atomic E-state index is 0.261. The van der Waals surface area contributed by atoms with E-state index in [0.717, 1.165) is 27.8 Å². The SMILES string of the molecule is COc1ccc(Cc2nnc(Nc3cccc4ccccc34)[nH]c2=O)cc1. The maximum Gasteiger partial charge on any atom is 0.274 e. The van der Waals surface area contributed by atoms with Crippen LogP contribution < -0.4 is 15.6 Å². The fraction of sp³-hybridized carbons (Fsp3) is 0.0952. The van der Waals surface area contributed by atoms with Crippen LogP contribution in [0.5, 0.6) is 5.75 Å². The Labute approximate surface area is 155 Å². The largest absolute Gasteiger partial charge is 0.497 e. The number of aromatic nitrogens is 3. The average molecular weight is 358 g/mol. The molecule has 0 radical (unpaired) electrons. The Morgan fingerprint density at radius 2 is 1.74 bits per heavy atom. The van der Waals surface area contributed by atoms with E-state index in [1.54, 1.807) is 7.11 Å². The molecule has 6 nitrogen and oxygen atoms in total. The first-order valence-corrected chi connectivity index (χ1v) is 8.56. The highest BCUT2D eigenvalue weighted by molar-refractivity contribution is 5.94. The van der Waals surface area contributed by atoms with E-state index in [-0.39, 0.29) is 5.56 Å². The molecule has 0 atom stereocenters. The molecule has 0 saturated heterocycles. The number of methoxy groups -OCH3 is 1. The van der Waals surface area contributed by atoms with Gasteiger partial charge in [-0.3, -0.25) is 9.78 Å². The van der Waals surface area contributed by atoms with Gasteiger partial charge in [0, 0.05) is 17.5 Å². The number of fused-ring (bicyclic) bond motifs is 1. The van der Waals surface area contributed by atoms with E-state index in [4.69, 9.17) is 4.74 Å². The van der Waals surface area contributed by atoms with E-state index in [1.807, 2.05) is 66.7 Å². The third-order valence-electron chi connectivity index (χ3n) is 4.34. The second-order valence-electron chi connectivity index (χ2n) is 6.13. The maximum absolute atomic E-state index is 12.4. The van der Waals surface area contributed by atoms with Crippen molar-refractivity contribution in [3.63, 3.8) is 0 Å². The predicted octanol–water partition coefficient (Wildman–Crippen LogP) is 3.66. The topological polar surface area (TPSA) is 79.9 Å². The normalized spacial score (nSPS) is 10.7. The van der Waals surface area contributed by atoms with Crippen LogP contribution in [0, 0.1) is 0 Å². The molecule has 1 heterocycles. The Hall–Kier alpha value is -3.67. The zero-order valence-corrected chi connectivity index (χ0v) is 14.8. The summed E-state index contributed by atoms with van der Waals surface area (Å²) in [5, 5.41) is 13.5. The number of hydrogen-bond donors (Lipinski definition) is 2. The van der Waals surface area contributed by atoms with Gasteiger partial charge >= 0.3 is 0 Å². The molecule has 0 bridgehead atoms. The van der Waals surface area contributed by atoms with Gasteiger partial charge < -0.3 is 10.1 Å². The number of aromatic amines is 1. The summed E-state index contributed by atoms with van der Waals surface area (Å²) in [7, 11) is 1.62. The first kappa shape index (κ1) is 16.8. The van der Waals surface area contributed by atoms with Gasteiger partial charge in [-0.05, 0) is 29.1 Å². The van der Waals surface area contributed by atoms with E-state index >= 15 is 0 Å². The Morgan fingerprint density at radius 1 is 0.963 bits per heavy atom. The van der Waals surface area contributed by atoms with Gasteiger partial charge in [0.05, 0.1) is 7.11 Å². The fourth-order valence-corrected chi connectivity index (χ4v) is 2.93. The van der Waals surface area contributed by atoms with Crippen molar-refractivity contribution in [2.45, 2.75) is 6.42 Å². The second kappa shape index (κ2) is 7.29. The van der Waals surface area contributed by atoms with Crippen LogP contribution in [0.2, 0.25) is 0 Å². The Kier molecular flexibility index (Phi) is 4.53. The van der Waals surface area contributed by atoms with Crippen molar-refractivity contribution in [2.75, 3.05) is 12.4 Å². The van der Waals surface area contributed by atoms with E-state index in [0.29, 0.717) is 18.1 Å². The van der Waals surface area contributed by atoms with Crippen molar-refractivity contribution in [1.82, 2.24) is 15.2 Å². The molecule has 3 aromatic carbocycles. The predicted molar refractivity (Wildman–Crippen MR) is 106 cm³/mol. The van der Waals surface area contributed by atoms with Gasteiger partial charge in [0.1, 0.15) is 11.4 Å².